The number of nitrogen functional groups attached to an aromatic ring is 1. The number of aryl methyl sites for hydroxylation is 1. The van der Waals surface area contributed by atoms with Crippen molar-refractivity contribution < 1.29 is 14.3 Å². The summed E-state index contributed by atoms with van der Waals surface area (Å²) in [5, 5.41) is 13.1. The molecule has 1 aliphatic heterocycles. The third kappa shape index (κ3) is 7.60. The number of rotatable bonds is 12. The molecule has 0 unspecified atom stereocenters. The number of hydrogen-bond acceptors (Lipinski definition) is 8. The van der Waals surface area contributed by atoms with Crippen molar-refractivity contribution in [2.45, 2.75) is 77.2 Å². The van der Waals surface area contributed by atoms with Crippen LogP contribution in [0, 0.1) is 29.1 Å². The molecule has 0 spiro atoms. The third-order valence-corrected chi connectivity index (χ3v) is 13.8. The lowest BCUT2D eigenvalue weighted by Crippen LogP contribution is -2.46. The van der Waals surface area contributed by atoms with Gasteiger partial charge >= 0.3 is 0 Å². The van der Waals surface area contributed by atoms with Crippen LogP contribution < -0.4 is 21.1 Å². The van der Waals surface area contributed by atoms with Gasteiger partial charge in [0.1, 0.15) is 29.3 Å². The van der Waals surface area contributed by atoms with Crippen LogP contribution in [0.3, 0.4) is 0 Å². The predicted octanol–water partition coefficient (Wildman–Crippen LogP) is 7.33. The van der Waals surface area contributed by atoms with Gasteiger partial charge < -0.3 is 30.6 Å². The zero-order valence-electron chi connectivity index (χ0n) is 33.5. The Labute approximate surface area is 341 Å². The van der Waals surface area contributed by atoms with Gasteiger partial charge in [-0.1, -0.05) is 31.2 Å². The first-order valence-corrected chi connectivity index (χ1v) is 20.7. The second-order valence-corrected chi connectivity index (χ2v) is 17.5. The maximum atomic E-state index is 13.4. The number of benzene rings is 2. The van der Waals surface area contributed by atoms with Crippen LogP contribution in [-0.2, 0) is 11.8 Å². The summed E-state index contributed by atoms with van der Waals surface area (Å²) in [6, 6.07) is 15.6. The number of ether oxygens (including phenoxy) is 1. The Morgan fingerprint density at radius 2 is 1.72 bits per heavy atom. The van der Waals surface area contributed by atoms with Crippen LogP contribution in [0.15, 0.2) is 54.9 Å². The minimum Gasteiger partial charge on any atom is -0.495 e. The first-order valence-electron chi connectivity index (χ1n) is 20.7. The Kier molecular flexibility index (Phi) is 11.0. The number of nitrogens with two attached hydrogens (primary N) is 1. The van der Waals surface area contributed by atoms with E-state index in [1.807, 2.05) is 64.8 Å². The molecule has 2 amide bonds. The molecule has 12 nitrogen and oxygen atoms in total. The molecule has 4 N–H and O–H groups in total. The molecule has 5 aliphatic rings. The van der Waals surface area contributed by atoms with E-state index in [4.69, 9.17) is 15.6 Å². The van der Waals surface area contributed by atoms with Gasteiger partial charge in [-0.2, -0.15) is 18.6 Å². The van der Waals surface area contributed by atoms with E-state index in [2.05, 4.69) is 32.4 Å². The SMILES string of the molecule is COc1cc(-c2nn(C3CCN(CCNC(=O)[C@@H](C)CCC45CC6CC(CC(C6)C4)C5)CC3)c3ncnc(N)c23)ccc1NC(=O)c1cc2ccccc2n1C.S. The lowest BCUT2D eigenvalue weighted by atomic mass is 9.48. The second kappa shape index (κ2) is 16.0. The number of nitrogens with one attached hydrogen (secondary N) is 2. The van der Waals surface area contributed by atoms with Gasteiger partial charge in [0.15, 0.2) is 5.65 Å². The summed E-state index contributed by atoms with van der Waals surface area (Å²) < 4.78 is 9.67. The Morgan fingerprint density at radius 1 is 1.00 bits per heavy atom. The van der Waals surface area contributed by atoms with Crippen molar-refractivity contribution >= 4 is 58.8 Å². The van der Waals surface area contributed by atoms with E-state index < -0.39 is 0 Å². The van der Waals surface area contributed by atoms with E-state index in [0.717, 1.165) is 73.1 Å². The number of para-hydroxylation sites is 1. The highest BCUT2D eigenvalue weighted by molar-refractivity contribution is 7.59. The molecule has 1 saturated heterocycles. The van der Waals surface area contributed by atoms with Gasteiger partial charge in [-0.25, -0.2) is 14.6 Å². The molecule has 3 aromatic heterocycles. The van der Waals surface area contributed by atoms with Crippen molar-refractivity contribution in [1.82, 2.24) is 34.5 Å². The highest BCUT2D eigenvalue weighted by Gasteiger charge is 2.50. The van der Waals surface area contributed by atoms with Crippen LogP contribution in [0.25, 0.3) is 33.2 Å². The van der Waals surface area contributed by atoms with Crippen molar-refractivity contribution in [2.75, 3.05) is 44.3 Å². The number of amides is 2. The first-order chi connectivity index (χ1) is 27.2. The number of fused-ring (bicyclic) bond motifs is 2. The number of nitrogens with zero attached hydrogens (tertiary/aromatic N) is 6. The first kappa shape index (κ1) is 39.2. The molecule has 4 heterocycles. The molecule has 1 atom stereocenters. The maximum absolute atomic E-state index is 13.4. The number of anilines is 2. The summed E-state index contributed by atoms with van der Waals surface area (Å²) in [6.07, 6.45) is 14.2. The molecule has 5 aromatic rings. The van der Waals surface area contributed by atoms with Crippen LogP contribution >= 0.6 is 13.5 Å². The summed E-state index contributed by atoms with van der Waals surface area (Å²) in [6.45, 7) is 5.43. The average molecular weight is 792 g/mol. The Balaban J connectivity index is 0.00000455. The Bertz CT molecular complexity index is 2240. The standard InChI is InChI=1S/C44H55N9O3.H2S/c1-27(10-13-44-23-28-18-29(24-44)20-30(19-28)25-44)42(54)46-14-17-52-15-11-33(12-16-52)53-41-38(40(45)47-26-48-41)39(50-53)32-8-9-34(37(22-32)56-3)49-43(55)36-21-31-6-4-5-7-35(31)51(36)2;/h4-9,21-22,26-30,33H,10-20,23-25H2,1-3H3,(H,46,54)(H,49,55)(H2,45,47,48);1H2/t27-,28?,29?,30?,44?;/m0./s1. The largest absolute Gasteiger partial charge is 0.495 e. The fraction of sp³-hybridized carbons (Fsp3) is 0.523. The lowest BCUT2D eigenvalue weighted by Gasteiger charge is -2.57. The molecule has 4 bridgehead atoms. The molecule has 2 aromatic carbocycles. The van der Waals surface area contributed by atoms with Gasteiger partial charge in [-0.3, -0.25) is 9.59 Å². The number of carbonyl (C=O) groups excluding carboxylic acids is 2. The van der Waals surface area contributed by atoms with E-state index in [1.54, 1.807) is 7.11 Å². The molecule has 302 valence electrons. The molecule has 57 heavy (non-hydrogen) atoms. The second-order valence-electron chi connectivity index (χ2n) is 17.5. The predicted molar refractivity (Wildman–Crippen MR) is 230 cm³/mol. The highest BCUT2D eigenvalue weighted by atomic mass is 32.1. The molecule has 4 aliphatic carbocycles. The van der Waals surface area contributed by atoms with E-state index in [9.17, 15) is 9.59 Å². The minimum absolute atomic E-state index is 0. The van der Waals surface area contributed by atoms with Crippen LogP contribution in [0.1, 0.15) is 87.7 Å². The molecular formula is C44H57N9O3S. The summed E-state index contributed by atoms with van der Waals surface area (Å²) in [5.74, 6) is 3.79. The number of piperidine rings is 1. The quantitative estimate of drug-likeness (QED) is 0.119. The van der Waals surface area contributed by atoms with Gasteiger partial charge in [0.05, 0.1) is 24.2 Å². The van der Waals surface area contributed by atoms with Crippen molar-refractivity contribution in [3.8, 4) is 17.0 Å². The van der Waals surface area contributed by atoms with E-state index in [-0.39, 0.29) is 37.3 Å². The smallest absolute Gasteiger partial charge is 0.272 e. The number of likely N-dealkylation sites (tertiary alicyclic amines) is 1. The number of carbonyl (C=O) groups is 2. The van der Waals surface area contributed by atoms with E-state index >= 15 is 0 Å². The molecule has 4 saturated carbocycles. The van der Waals surface area contributed by atoms with Crippen LogP contribution in [0.2, 0.25) is 0 Å². The Morgan fingerprint density at radius 3 is 2.42 bits per heavy atom. The van der Waals surface area contributed by atoms with Gasteiger partial charge in [-0.15, -0.1) is 0 Å². The van der Waals surface area contributed by atoms with Crippen molar-refractivity contribution in [3.05, 3.63) is 60.6 Å². The van der Waals surface area contributed by atoms with Crippen molar-refractivity contribution in [2.24, 2.45) is 36.1 Å². The topological polar surface area (TPSA) is 145 Å². The van der Waals surface area contributed by atoms with E-state index in [0.29, 0.717) is 51.6 Å². The summed E-state index contributed by atoms with van der Waals surface area (Å²) in [5.41, 5.74) is 11.3. The summed E-state index contributed by atoms with van der Waals surface area (Å²) >= 11 is 0. The molecule has 10 rings (SSSR count). The average Bonchev–Trinajstić information content (AvgIpc) is 3.76. The molecular weight excluding hydrogens is 735 g/mol. The normalized spacial score (nSPS) is 23.7. The molecule has 0 radical (unpaired) electrons. The zero-order chi connectivity index (χ0) is 38.6. The van der Waals surface area contributed by atoms with Crippen LogP contribution in [0.5, 0.6) is 5.75 Å². The van der Waals surface area contributed by atoms with Crippen LogP contribution in [0.4, 0.5) is 11.5 Å². The van der Waals surface area contributed by atoms with Gasteiger partial charge in [-0.05, 0) is 112 Å². The molecule has 5 fully saturated rings. The zero-order valence-corrected chi connectivity index (χ0v) is 34.5. The summed E-state index contributed by atoms with van der Waals surface area (Å²) in [7, 11) is 3.47. The van der Waals surface area contributed by atoms with Gasteiger partial charge in [0, 0.05) is 55.6 Å². The number of hydrogen-bond donors (Lipinski definition) is 3. The fourth-order valence-corrected chi connectivity index (χ4v) is 11.2. The Hall–Kier alpha value is -4.62. The third-order valence-electron chi connectivity index (χ3n) is 13.8. The minimum atomic E-state index is -0.229. The van der Waals surface area contributed by atoms with E-state index in [1.165, 1.54) is 51.3 Å². The van der Waals surface area contributed by atoms with Crippen molar-refractivity contribution in [3.63, 3.8) is 0 Å². The van der Waals surface area contributed by atoms with Crippen LogP contribution in [-0.4, -0.2) is 74.3 Å². The monoisotopic (exact) mass is 791 g/mol. The molecule has 13 heteroatoms. The maximum Gasteiger partial charge on any atom is 0.272 e. The highest BCUT2D eigenvalue weighted by Crippen LogP contribution is 2.61. The van der Waals surface area contributed by atoms with Gasteiger partial charge in [0.2, 0.25) is 5.91 Å². The number of methoxy groups -OCH3 is 1. The van der Waals surface area contributed by atoms with Crippen molar-refractivity contribution in [1.29, 1.82) is 0 Å². The lowest BCUT2D eigenvalue weighted by molar-refractivity contribution is -0.125. The van der Waals surface area contributed by atoms with Gasteiger partial charge in [0.25, 0.3) is 5.91 Å². The number of aromatic nitrogens is 5. The summed E-state index contributed by atoms with van der Waals surface area (Å²) in [4.78, 5) is 37.9. The fourth-order valence-electron chi connectivity index (χ4n) is 11.2.